The first kappa shape index (κ1) is 17.8. The predicted molar refractivity (Wildman–Crippen MR) is 85.6 cm³/mol. The zero-order chi connectivity index (χ0) is 15.8. The summed E-state index contributed by atoms with van der Waals surface area (Å²) in [6.45, 7) is 4.97. The molecule has 0 atom stereocenters. The Balaban J connectivity index is 2.31. The molecule has 0 saturated carbocycles. The molecule has 0 spiro atoms. The summed E-state index contributed by atoms with van der Waals surface area (Å²) in [7, 11) is 0. The third-order valence-electron chi connectivity index (χ3n) is 2.91. The molecule has 2 N–H and O–H groups in total. The molecule has 0 saturated heterocycles. The van der Waals surface area contributed by atoms with Crippen LogP contribution in [0.3, 0.4) is 0 Å². The smallest absolute Gasteiger partial charge is 0.309 e. The summed E-state index contributed by atoms with van der Waals surface area (Å²) in [6.07, 6.45) is 1.39. The zero-order valence-corrected chi connectivity index (χ0v) is 13.7. The molecule has 0 aromatic heterocycles. The topological polar surface area (TPSA) is 58.2 Å². The number of carbonyl (C=O) groups excluding carboxylic acids is 2. The van der Waals surface area contributed by atoms with Crippen molar-refractivity contribution in [2.45, 2.75) is 26.7 Å². The van der Waals surface area contributed by atoms with Gasteiger partial charge in [-0.1, -0.05) is 43.1 Å². The summed E-state index contributed by atoms with van der Waals surface area (Å²) in [5.41, 5.74) is 0.876. The Morgan fingerprint density at radius 2 is 1.71 bits per heavy atom. The molecule has 0 aliphatic rings. The van der Waals surface area contributed by atoms with Crippen molar-refractivity contribution in [3.05, 3.63) is 33.8 Å². The molecular formula is C15H20Cl2N2O2. The van der Waals surface area contributed by atoms with E-state index < -0.39 is 11.8 Å². The van der Waals surface area contributed by atoms with Crippen LogP contribution in [0.5, 0.6) is 0 Å². The summed E-state index contributed by atoms with van der Waals surface area (Å²) >= 11 is 11.8. The maximum absolute atomic E-state index is 11.6. The van der Waals surface area contributed by atoms with Crippen molar-refractivity contribution in [3.8, 4) is 0 Å². The Bertz CT molecular complexity index is 504. The molecule has 0 aliphatic heterocycles. The Kier molecular flexibility index (Phi) is 7.54. The SMILES string of the molecule is CC(C)CCNC(=O)C(=O)NCCc1ccc(Cl)cc1Cl. The quantitative estimate of drug-likeness (QED) is 0.788. The van der Waals surface area contributed by atoms with Gasteiger partial charge in [-0.05, 0) is 36.5 Å². The van der Waals surface area contributed by atoms with Gasteiger partial charge in [0.25, 0.3) is 0 Å². The van der Waals surface area contributed by atoms with Gasteiger partial charge in [0.05, 0.1) is 0 Å². The summed E-state index contributed by atoms with van der Waals surface area (Å²) in [4.78, 5) is 23.1. The first-order valence-corrected chi connectivity index (χ1v) is 7.65. The van der Waals surface area contributed by atoms with Gasteiger partial charge in [-0.25, -0.2) is 0 Å². The first-order valence-electron chi connectivity index (χ1n) is 6.90. The van der Waals surface area contributed by atoms with E-state index in [9.17, 15) is 9.59 Å². The van der Waals surface area contributed by atoms with Crippen molar-refractivity contribution < 1.29 is 9.59 Å². The normalized spacial score (nSPS) is 10.5. The number of hydrogen-bond acceptors (Lipinski definition) is 2. The number of halogens is 2. The van der Waals surface area contributed by atoms with Crippen molar-refractivity contribution in [2.24, 2.45) is 5.92 Å². The number of carbonyl (C=O) groups is 2. The minimum Gasteiger partial charge on any atom is -0.348 e. The molecule has 0 unspecified atom stereocenters. The lowest BCUT2D eigenvalue weighted by atomic mass is 10.1. The molecule has 116 valence electrons. The van der Waals surface area contributed by atoms with E-state index in [0.29, 0.717) is 35.5 Å². The fraction of sp³-hybridized carbons (Fsp3) is 0.467. The highest BCUT2D eigenvalue weighted by Crippen LogP contribution is 2.20. The Labute approximate surface area is 135 Å². The van der Waals surface area contributed by atoms with Gasteiger partial charge < -0.3 is 10.6 Å². The van der Waals surface area contributed by atoms with Gasteiger partial charge >= 0.3 is 11.8 Å². The van der Waals surface area contributed by atoms with E-state index in [1.54, 1.807) is 18.2 Å². The number of rotatable bonds is 6. The summed E-state index contributed by atoms with van der Waals surface area (Å²) in [5.74, 6) is -0.734. The van der Waals surface area contributed by atoms with Crippen LogP contribution in [-0.4, -0.2) is 24.9 Å². The van der Waals surface area contributed by atoms with Gasteiger partial charge in [0.1, 0.15) is 0 Å². The van der Waals surface area contributed by atoms with Crippen LogP contribution in [0.25, 0.3) is 0 Å². The van der Waals surface area contributed by atoms with Crippen LogP contribution in [0.1, 0.15) is 25.8 Å². The highest BCUT2D eigenvalue weighted by Gasteiger charge is 2.12. The maximum atomic E-state index is 11.6. The van der Waals surface area contributed by atoms with E-state index >= 15 is 0 Å². The van der Waals surface area contributed by atoms with Crippen LogP contribution in [0.15, 0.2) is 18.2 Å². The fourth-order valence-corrected chi connectivity index (χ4v) is 2.17. The number of nitrogens with one attached hydrogen (secondary N) is 2. The molecule has 4 nitrogen and oxygen atoms in total. The van der Waals surface area contributed by atoms with Crippen LogP contribution in [-0.2, 0) is 16.0 Å². The summed E-state index contributed by atoms with van der Waals surface area (Å²) < 4.78 is 0. The monoisotopic (exact) mass is 330 g/mol. The minimum atomic E-state index is -0.621. The van der Waals surface area contributed by atoms with E-state index in [-0.39, 0.29) is 0 Å². The van der Waals surface area contributed by atoms with Crippen molar-refractivity contribution in [1.29, 1.82) is 0 Å². The second kappa shape index (κ2) is 8.90. The molecule has 0 heterocycles. The molecule has 1 aromatic rings. The summed E-state index contributed by atoms with van der Waals surface area (Å²) in [6, 6.07) is 5.20. The van der Waals surface area contributed by atoms with E-state index in [0.717, 1.165) is 12.0 Å². The Morgan fingerprint density at radius 3 is 2.29 bits per heavy atom. The Hall–Kier alpha value is -1.26. The second-order valence-corrected chi connectivity index (χ2v) is 6.02. The van der Waals surface area contributed by atoms with Crippen LogP contribution in [0, 0.1) is 5.92 Å². The van der Waals surface area contributed by atoms with Crippen LogP contribution in [0.2, 0.25) is 10.0 Å². The van der Waals surface area contributed by atoms with E-state index in [1.165, 1.54) is 0 Å². The molecule has 1 rings (SSSR count). The molecular weight excluding hydrogens is 311 g/mol. The third kappa shape index (κ3) is 6.82. The average Bonchev–Trinajstić information content (AvgIpc) is 2.40. The highest BCUT2D eigenvalue weighted by molar-refractivity contribution is 6.35. The van der Waals surface area contributed by atoms with E-state index in [2.05, 4.69) is 24.5 Å². The van der Waals surface area contributed by atoms with Crippen LogP contribution >= 0.6 is 23.2 Å². The number of hydrogen-bond donors (Lipinski definition) is 2. The lowest BCUT2D eigenvalue weighted by molar-refractivity contribution is -0.139. The molecule has 2 amide bonds. The van der Waals surface area contributed by atoms with Crippen molar-refractivity contribution in [1.82, 2.24) is 10.6 Å². The summed E-state index contributed by atoms with van der Waals surface area (Å²) in [5, 5.41) is 6.28. The largest absolute Gasteiger partial charge is 0.348 e. The zero-order valence-electron chi connectivity index (χ0n) is 12.2. The molecule has 6 heteroatoms. The Morgan fingerprint density at radius 1 is 1.10 bits per heavy atom. The van der Waals surface area contributed by atoms with E-state index in [1.807, 2.05) is 0 Å². The fourth-order valence-electron chi connectivity index (χ4n) is 1.67. The van der Waals surface area contributed by atoms with Gasteiger partial charge in [0.2, 0.25) is 0 Å². The maximum Gasteiger partial charge on any atom is 0.309 e. The number of amides is 2. The van der Waals surface area contributed by atoms with Gasteiger partial charge in [-0.2, -0.15) is 0 Å². The molecule has 0 radical (unpaired) electrons. The van der Waals surface area contributed by atoms with Crippen LogP contribution in [0.4, 0.5) is 0 Å². The van der Waals surface area contributed by atoms with Gasteiger partial charge in [-0.15, -0.1) is 0 Å². The van der Waals surface area contributed by atoms with Crippen molar-refractivity contribution in [3.63, 3.8) is 0 Å². The molecule has 21 heavy (non-hydrogen) atoms. The molecule has 0 bridgehead atoms. The standard InChI is InChI=1S/C15H20Cl2N2O2/c1-10(2)5-7-18-14(20)15(21)19-8-6-11-3-4-12(16)9-13(11)17/h3-4,9-10H,5-8H2,1-2H3,(H,18,20)(H,19,21). The molecule has 0 aliphatic carbocycles. The van der Waals surface area contributed by atoms with Crippen molar-refractivity contribution >= 4 is 35.0 Å². The van der Waals surface area contributed by atoms with Gasteiger partial charge in [-0.3, -0.25) is 9.59 Å². The first-order chi connectivity index (χ1) is 9.90. The van der Waals surface area contributed by atoms with Crippen LogP contribution < -0.4 is 10.6 Å². The highest BCUT2D eigenvalue weighted by atomic mass is 35.5. The van der Waals surface area contributed by atoms with Gasteiger partial charge in [0.15, 0.2) is 0 Å². The lowest BCUT2D eigenvalue weighted by Crippen LogP contribution is -2.41. The number of benzene rings is 1. The second-order valence-electron chi connectivity index (χ2n) is 5.18. The van der Waals surface area contributed by atoms with E-state index in [4.69, 9.17) is 23.2 Å². The molecule has 1 aromatic carbocycles. The molecule has 0 fully saturated rings. The van der Waals surface area contributed by atoms with Gasteiger partial charge in [0, 0.05) is 23.1 Å². The van der Waals surface area contributed by atoms with Crippen molar-refractivity contribution in [2.75, 3.05) is 13.1 Å². The minimum absolute atomic E-state index is 0.345. The predicted octanol–water partition coefficient (Wildman–Crippen LogP) is 2.81. The lowest BCUT2D eigenvalue weighted by Gasteiger charge is -2.08. The average molecular weight is 331 g/mol. The third-order valence-corrected chi connectivity index (χ3v) is 3.50.